The standard InChI is InChI=1S/C8H9N3O3/c1-6(12)7-5-10(2)8(9-7)3-4-11(13)14/h3-5H,1-2H3/b4-3+. The number of aromatic nitrogens is 2. The number of rotatable bonds is 3. The lowest BCUT2D eigenvalue weighted by Crippen LogP contribution is -1.91. The van der Waals surface area contributed by atoms with Gasteiger partial charge >= 0.3 is 0 Å². The largest absolute Gasteiger partial charge is 0.334 e. The fourth-order valence-electron chi connectivity index (χ4n) is 0.933. The molecule has 0 atom stereocenters. The van der Waals surface area contributed by atoms with E-state index >= 15 is 0 Å². The van der Waals surface area contributed by atoms with Crippen LogP contribution in [0.2, 0.25) is 0 Å². The number of ketones is 1. The van der Waals surface area contributed by atoms with Crippen molar-refractivity contribution in [3.05, 3.63) is 34.0 Å². The molecule has 0 radical (unpaired) electrons. The number of carbonyl (C=O) groups excluding carboxylic acids is 1. The number of hydrogen-bond acceptors (Lipinski definition) is 4. The predicted octanol–water partition coefficient (Wildman–Crippen LogP) is 0.870. The van der Waals surface area contributed by atoms with E-state index in [2.05, 4.69) is 4.98 Å². The molecular formula is C8H9N3O3. The first-order valence-corrected chi connectivity index (χ1v) is 3.86. The van der Waals surface area contributed by atoms with Gasteiger partial charge in [-0.25, -0.2) is 4.98 Å². The summed E-state index contributed by atoms with van der Waals surface area (Å²) in [5.74, 6) is 0.216. The minimum atomic E-state index is -0.581. The van der Waals surface area contributed by atoms with Crippen LogP contribution in [0.4, 0.5) is 0 Å². The molecule has 0 aliphatic carbocycles. The van der Waals surface area contributed by atoms with Crippen LogP contribution in [0, 0.1) is 10.1 Å². The molecule has 6 nitrogen and oxygen atoms in total. The van der Waals surface area contributed by atoms with Crippen LogP contribution < -0.4 is 0 Å². The number of hydrogen-bond donors (Lipinski definition) is 0. The highest BCUT2D eigenvalue weighted by Gasteiger charge is 2.06. The summed E-state index contributed by atoms with van der Waals surface area (Å²) >= 11 is 0. The highest BCUT2D eigenvalue weighted by atomic mass is 16.6. The molecule has 0 N–H and O–H groups in total. The molecule has 14 heavy (non-hydrogen) atoms. The first-order valence-electron chi connectivity index (χ1n) is 3.86. The second-order valence-corrected chi connectivity index (χ2v) is 2.75. The third-order valence-corrected chi connectivity index (χ3v) is 1.62. The minimum Gasteiger partial charge on any atom is -0.334 e. The van der Waals surface area contributed by atoms with E-state index in [1.165, 1.54) is 19.2 Å². The van der Waals surface area contributed by atoms with Crippen molar-refractivity contribution >= 4 is 11.9 Å². The van der Waals surface area contributed by atoms with E-state index in [1.54, 1.807) is 11.6 Å². The number of carbonyl (C=O) groups is 1. The Morgan fingerprint density at radius 3 is 2.79 bits per heavy atom. The molecule has 0 bridgehead atoms. The molecule has 0 aromatic carbocycles. The van der Waals surface area contributed by atoms with Crippen LogP contribution in [-0.2, 0) is 7.05 Å². The fraction of sp³-hybridized carbons (Fsp3) is 0.250. The topological polar surface area (TPSA) is 78.0 Å². The normalized spacial score (nSPS) is 10.7. The van der Waals surface area contributed by atoms with E-state index in [-0.39, 0.29) is 5.78 Å². The monoisotopic (exact) mass is 195 g/mol. The van der Waals surface area contributed by atoms with Crippen LogP contribution in [0.5, 0.6) is 0 Å². The maximum absolute atomic E-state index is 10.9. The van der Waals surface area contributed by atoms with Gasteiger partial charge in [-0.15, -0.1) is 0 Å². The Morgan fingerprint density at radius 2 is 2.36 bits per heavy atom. The summed E-state index contributed by atoms with van der Waals surface area (Å²) in [4.78, 5) is 24.3. The molecule has 1 heterocycles. The van der Waals surface area contributed by atoms with Gasteiger partial charge < -0.3 is 4.57 Å². The molecular weight excluding hydrogens is 186 g/mol. The Hall–Kier alpha value is -1.98. The molecule has 0 unspecified atom stereocenters. The molecule has 74 valence electrons. The zero-order valence-electron chi connectivity index (χ0n) is 7.80. The quantitative estimate of drug-likeness (QED) is 0.407. The Balaban J connectivity index is 2.99. The van der Waals surface area contributed by atoms with Crippen LogP contribution in [-0.4, -0.2) is 20.3 Å². The summed E-state index contributed by atoms with van der Waals surface area (Å²) in [6, 6.07) is 0. The van der Waals surface area contributed by atoms with Crippen molar-refractivity contribution in [1.82, 2.24) is 9.55 Å². The van der Waals surface area contributed by atoms with E-state index in [4.69, 9.17) is 0 Å². The van der Waals surface area contributed by atoms with Gasteiger partial charge in [0.25, 0.3) is 0 Å². The lowest BCUT2D eigenvalue weighted by molar-refractivity contribution is -0.401. The third kappa shape index (κ3) is 2.25. The van der Waals surface area contributed by atoms with Gasteiger partial charge in [-0.05, 0) is 0 Å². The van der Waals surface area contributed by atoms with Crippen molar-refractivity contribution in [2.75, 3.05) is 0 Å². The molecule has 0 spiro atoms. The number of Topliss-reactive ketones (excluding diaryl/α,β-unsaturated/α-hetero) is 1. The third-order valence-electron chi connectivity index (χ3n) is 1.62. The molecule has 1 aromatic rings. The maximum atomic E-state index is 10.9. The fourth-order valence-corrected chi connectivity index (χ4v) is 0.933. The molecule has 0 saturated carbocycles. The van der Waals surface area contributed by atoms with Gasteiger partial charge in [-0.3, -0.25) is 14.9 Å². The van der Waals surface area contributed by atoms with Gasteiger partial charge in [-0.1, -0.05) is 0 Å². The van der Waals surface area contributed by atoms with Crippen molar-refractivity contribution in [3.8, 4) is 0 Å². The summed E-state index contributed by atoms with van der Waals surface area (Å²) in [6.07, 6.45) is 3.56. The molecule has 0 saturated heterocycles. The van der Waals surface area contributed by atoms with Crippen LogP contribution in [0.25, 0.3) is 6.08 Å². The highest BCUT2D eigenvalue weighted by molar-refractivity contribution is 5.92. The lowest BCUT2D eigenvalue weighted by Gasteiger charge is -1.89. The average Bonchev–Trinajstić information content (AvgIpc) is 2.43. The number of aryl methyl sites for hydroxylation is 1. The van der Waals surface area contributed by atoms with Crippen molar-refractivity contribution in [1.29, 1.82) is 0 Å². The molecule has 0 amide bonds. The van der Waals surface area contributed by atoms with Crippen molar-refractivity contribution in [2.45, 2.75) is 6.92 Å². The second kappa shape index (κ2) is 3.82. The van der Waals surface area contributed by atoms with Gasteiger partial charge in [0, 0.05) is 20.2 Å². The van der Waals surface area contributed by atoms with E-state index in [9.17, 15) is 14.9 Å². The van der Waals surface area contributed by atoms with E-state index in [0.29, 0.717) is 11.5 Å². The summed E-state index contributed by atoms with van der Waals surface area (Å²) in [5, 5.41) is 10.0. The van der Waals surface area contributed by atoms with Gasteiger partial charge in [0.1, 0.15) is 11.5 Å². The Morgan fingerprint density at radius 1 is 1.71 bits per heavy atom. The van der Waals surface area contributed by atoms with Gasteiger partial charge in [0.15, 0.2) is 5.78 Å². The van der Waals surface area contributed by atoms with E-state index < -0.39 is 4.92 Å². The average molecular weight is 195 g/mol. The molecule has 1 aromatic heterocycles. The number of imidazole rings is 1. The van der Waals surface area contributed by atoms with Crippen LogP contribution >= 0.6 is 0 Å². The summed E-state index contributed by atoms with van der Waals surface area (Å²) < 4.78 is 1.55. The van der Waals surface area contributed by atoms with Crippen LogP contribution in [0.3, 0.4) is 0 Å². The first-order chi connectivity index (χ1) is 6.50. The number of nitro groups is 1. The minimum absolute atomic E-state index is 0.165. The van der Waals surface area contributed by atoms with Gasteiger partial charge in [-0.2, -0.15) is 0 Å². The molecule has 0 aliphatic heterocycles. The van der Waals surface area contributed by atoms with E-state index in [0.717, 1.165) is 6.20 Å². The SMILES string of the molecule is CC(=O)c1cn(C)c(/C=C/[N+](=O)[O-])n1. The molecule has 1 rings (SSSR count). The zero-order valence-corrected chi connectivity index (χ0v) is 7.80. The van der Waals surface area contributed by atoms with Crippen molar-refractivity contribution < 1.29 is 9.72 Å². The molecule has 0 fully saturated rings. The number of nitrogens with zero attached hydrogens (tertiary/aromatic N) is 3. The summed E-state index contributed by atoms with van der Waals surface area (Å²) in [5.41, 5.74) is 0.301. The highest BCUT2D eigenvalue weighted by Crippen LogP contribution is 2.04. The Kier molecular flexibility index (Phi) is 2.76. The smallest absolute Gasteiger partial charge is 0.238 e. The predicted molar refractivity (Wildman–Crippen MR) is 49.2 cm³/mol. The van der Waals surface area contributed by atoms with Crippen molar-refractivity contribution in [2.24, 2.45) is 7.05 Å². The van der Waals surface area contributed by atoms with Crippen molar-refractivity contribution in [3.63, 3.8) is 0 Å². The summed E-state index contributed by atoms with van der Waals surface area (Å²) in [6.45, 7) is 1.39. The van der Waals surface area contributed by atoms with Crippen LogP contribution in [0.1, 0.15) is 23.2 Å². The van der Waals surface area contributed by atoms with Gasteiger partial charge in [0.05, 0.1) is 11.0 Å². The Bertz CT molecular complexity index is 406. The summed E-state index contributed by atoms with van der Waals surface area (Å²) in [7, 11) is 1.67. The first kappa shape index (κ1) is 10.1. The second-order valence-electron chi connectivity index (χ2n) is 2.75. The molecule has 6 heteroatoms. The molecule has 0 aliphatic rings. The van der Waals surface area contributed by atoms with Crippen LogP contribution in [0.15, 0.2) is 12.4 Å². The lowest BCUT2D eigenvalue weighted by atomic mass is 10.3. The zero-order chi connectivity index (χ0) is 10.7. The van der Waals surface area contributed by atoms with Gasteiger partial charge in [0.2, 0.25) is 6.20 Å². The Labute approximate surface area is 80.0 Å². The maximum Gasteiger partial charge on any atom is 0.238 e. The van der Waals surface area contributed by atoms with E-state index in [1.807, 2.05) is 0 Å².